The maximum absolute atomic E-state index is 14.0. The predicted octanol–water partition coefficient (Wildman–Crippen LogP) is 4.20. The number of benzene rings is 2. The summed E-state index contributed by atoms with van der Waals surface area (Å²) in [5, 5.41) is 13.0. The van der Waals surface area contributed by atoms with Crippen LogP contribution in [0.2, 0.25) is 5.02 Å². The van der Waals surface area contributed by atoms with E-state index in [0.717, 1.165) is 43.9 Å². The van der Waals surface area contributed by atoms with Gasteiger partial charge in [-0.15, -0.1) is 0 Å². The monoisotopic (exact) mass is 369 g/mol. The van der Waals surface area contributed by atoms with Crippen LogP contribution < -0.4 is 5.32 Å². The second-order valence-electron chi connectivity index (χ2n) is 7.48. The van der Waals surface area contributed by atoms with Gasteiger partial charge in [0.2, 0.25) is 0 Å². The van der Waals surface area contributed by atoms with Crippen LogP contribution in [0.15, 0.2) is 36.4 Å². The first-order chi connectivity index (χ1) is 12.6. The van der Waals surface area contributed by atoms with Gasteiger partial charge in [-0.25, -0.2) is 4.39 Å². The Morgan fingerprint density at radius 1 is 1.19 bits per heavy atom. The Hall–Kier alpha value is -1.93. The Bertz CT molecular complexity index is 860. The molecule has 2 aromatic carbocycles. The molecule has 4 rings (SSSR count). The van der Waals surface area contributed by atoms with Crippen LogP contribution in [0.1, 0.15) is 24.0 Å². The standard InChI is InChI=1S/C21H21ClFN3/c22-20-17(12-26-13-21(14-26)6-8-25-9-7-21)2-1-3-18(20)15-4-5-16(11-24)19(23)10-15/h1-5,10,25H,6-9,12-14H2. The highest BCUT2D eigenvalue weighted by molar-refractivity contribution is 6.34. The van der Waals surface area contributed by atoms with Gasteiger partial charge in [-0.3, -0.25) is 4.90 Å². The summed E-state index contributed by atoms with van der Waals surface area (Å²) in [5.41, 5.74) is 3.12. The lowest BCUT2D eigenvalue weighted by Gasteiger charge is -2.52. The molecule has 2 aliphatic heterocycles. The lowest BCUT2D eigenvalue weighted by atomic mass is 9.72. The molecule has 2 aromatic rings. The van der Waals surface area contributed by atoms with Gasteiger partial charge in [-0.1, -0.05) is 35.9 Å². The second-order valence-corrected chi connectivity index (χ2v) is 7.86. The minimum atomic E-state index is -0.512. The van der Waals surface area contributed by atoms with Crippen molar-refractivity contribution in [3.63, 3.8) is 0 Å². The molecular formula is C21H21ClFN3. The molecule has 2 heterocycles. The summed E-state index contributed by atoms with van der Waals surface area (Å²) in [6.07, 6.45) is 2.50. The molecule has 1 spiro atoms. The molecule has 26 heavy (non-hydrogen) atoms. The number of halogens is 2. The molecule has 0 bridgehead atoms. The highest BCUT2D eigenvalue weighted by Crippen LogP contribution is 2.40. The third-order valence-corrected chi connectivity index (χ3v) is 6.10. The van der Waals surface area contributed by atoms with E-state index in [0.29, 0.717) is 16.0 Å². The van der Waals surface area contributed by atoms with Crippen molar-refractivity contribution >= 4 is 11.6 Å². The highest BCUT2D eigenvalue weighted by atomic mass is 35.5. The van der Waals surface area contributed by atoms with Crippen molar-refractivity contribution in [2.75, 3.05) is 26.2 Å². The van der Waals surface area contributed by atoms with Gasteiger partial charge in [0.15, 0.2) is 0 Å². The molecule has 0 saturated carbocycles. The Kier molecular flexibility index (Phi) is 4.71. The number of nitrogens with one attached hydrogen (secondary N) is 1. The molecule has 2 aliphatic rings. The van der Waals surface area contributed by atoms with Gasteiger partial charge in [0.1, 0.15) is 11.9 Å². The molecule has 0 radical (unpaired) electrons. The van der Waals surface area contributed by atoms with Gasteiger partial charge < -0.3 is 5.32 Å². The van der Waals surface area contributed by atoms with E-state index in [-0.39, 0.29) is 5.56 Å². The number of hydrogen-bond acceptors (Lipinski definition) is 3. The van der Waals surface area contributed by atoms with Gasteiger partial charge in [-0.05, 0) is 54.6 Å². The molecule has 5 heteroatoms. The van der Waals surface area contributed by atoms with Gasteiger partial charge >= 0.3 is 0 Å². The normalized spacial score (nSPS) is 19.1. The van der Waals surface area contributed by atoms with E-state index >= 15 is 0 Å². The van der Waals surface area contributed by atoms with Crippen LogP contribution in [0.4, 0.5) is 4.39 Å². The van der Waals surface area contributed by atoms with Gasteiger partial charge in [-0.2, -0.15) is 5.26 Å². The number of likely N-dealkylation sites (tertiary alicyclic amines) is 1. The summed E-state index contributed by atoms with van der Waals surface area (Å²) < 4.78 is 14.0. The SMILES string of the molecule is N#Cc1ccc(-c2cccc(CN3CC4(CCNCC4)C3)c2Cl)cc1F. The van der Waals surface area contributed by atoms with Crippen LogP contribution >= 0.6 is 11.6 Å². The summed E-state index contributed by atoms with van der Waals surface area (Å²) in [5.74, 6) is -0.512. The van der Waals surface area contributed by atoms with Crippen LogP contribution in [-0.4, -0.2) is 31.1 Å². The van der Waals surface area contributed by atoms with Gasteiger partial charge in [0.05, 0.1) is 10.6 Å². The Morgan fingerprint density at radius 2 is 1.96 bits per heavy atom. The van der Waals surface area contributed by atoms with E-state index in [1.807, 2.05) is 24.3 Å². The van der Waals surface area contributed by atoms with Crippen LogP contribution in [0.5, 0.6) is 0 Å². The molecule has 1 N–H and O–H groups in total. The van der Waals surface area contributed by atoms with Crippen molar-refractivity contribution in [2.45, 2.75) is 19.4 Å². The topological polar surface area (TPSA) is 39.1 Å². The second kappa shape index (κ2) is 7.00. The molecule has 2 fully saturated rings. The number of hydrogen-bond donors (Lipinski definition) is 1. The Balaban J connectivity index is 1.52. The van der Waals surface area contributed by atoms with Crippen molar-refractivity contribution in [1.29, 1.82) is 5.26 Å². The zero-order valence-corrected chi connectivity index (χ0v) is 15.3. The van der Waals surface area contributed by atoms with Crippen LogP contribution in [-0.2, 0) is 6.54 Å². The first-order valence-electron chi connectivity index (χ1n) is 9.01. The maximum Gasteiger partial charge on any atom is 0.141 e. The van der Waals surface area contributed by atoms with Gasteiger partial charge in [0, 0.05) is 25.2 Å². The van der Waals surface area contributed by atoms with E-state index in [9.17, 15) is 4.39 Å². The highest BCUT2D eigenvalue weighted by Gasteiger charge is 2.43. The number of piperidine rings is 1. The lowest BCUT2D eigenvalue weighted by Crippen LogP contribution is -2.59. The van der Waals surface area contributed by atoms with E-state index < -0.39 is 5.82 Å². The first-order valence-corrected chi connectivity index (χ1v) is 9.39. The number of rotatable bonds is 3. The molecule has 134 valence electrons. The first kappa shape index (κ1) is 17.5. The van der Waals surface area contributed by atoms with E-state index in [1.54, 1.807) is 6.07 Å². The minimum Gasteiger partial charge on any atom is -0.317 e. The molecule has 0 unspecified atom stereocenters. The smallest absolute Gasteiger partial charge is 0.141 e. The fourth-order valence-corrected chi connectivity index (χ4v) is 4.52. The van der Waals surface area contributed by atoms with Crippen LogP contribution in [0, 0.1) is 22.6 Å². The average Bonchev–Trinajstić information content (AvgIpc) is 2.63. The van der Waals surface area contributed by atoms with Crippen molar-refractivity contribution in [3.05, 3.63) is 58.4 Å². The number of nitrogens with zero attached hydrogens (tertiary/aromatic N) is 2. The molecule has 3 nitrogen and oxygen atoms in total. The average molecular weight is 370 g/mol. The van der Waals surface area contributed by atoms with Gasteiger partial charge in [0.25, 0.3) is 0 Å². The molecule has 0 atom stereocenters. The largest absolute Gasteiger partial charge is 0.317 e. The van der Waals surface area contributed by atoms with Crippen LogP contribution in [0.3, 0.4) is 0 Å². The summed E-state index contributed by atoms with van der Waals surface area (Å²) in [6, 6.07) is 12.4. The Morgan fingerprint density at radius 3 is 2.65 bits per heavy atom. The van der Waals surface area contributed by atoms with E-state index in [2.05, 4.69) is 10.2 Å². The van der Waals surface area contributed by atoms with Crippen molar-refractivity contribution in [3.8, 4) is 17.2 Å². The quantitative estimate of drug-likeness (QED) is 0.881. The molecular weight excluding hydrogens is 349 g/mol. The molecule has 2 saturated heterocycles. The van der Waals surface area contributed by atoms with Crippen molar-refractivity contribution < 1.29 is 4.39 Å². The summed E-state index contributed by atoms with van der Waals surface area (Å²) >= 11 is 6.65. The summed E-state index contributed by atoms with van der Waals surface area (Å²) in [4.78, 5) is 2.44. The Labute approximate surface area is 158 Å². The third-order valence-electron chi connectivity index (χ3n) is 5.66. The number of nitriles is 1. The molecule has 0 aromatic heterocycles. The van der Waals surface area contributed by atoms with Crippen molar-refractivity contribution in [2.24, 2.45) is 5.41 Å². The zero-order valence-electron chi connectivity index (χ0n) is 14.6. The minimum absolute atomic E-state index is 0.0499. The van der Waals surface area contributed by atoms with Crippen LogP contribution in [0.25, 0.3) is 11.1 Å². The van der Waals surface area contributed by atoms with E-state index in [1.165, 1.54) is 25.0 Å². The molecule has 0 amide bonds. The van der Waals surface area contributed by atoms with E-state index in [4.69, 9.17) is 16.9 Å². The third kappa shape index (κ3) is 3.23. The fourth-order valence-electron chi connectivity index (χ4n) is 4.23. The summed E-state index contributed by atoms with van der Waals surface area (Å²) in [6.45, 7) is 5.31. The maximum atomic E-state index is 14.0. The fraction of sp³-hybridized carbons (Fsp3) is 0.381. The lowest BCUT2D eigenvalue weighted by molar-refractivity contribution is -0.0282. The summed E-state index contributed by atoms with van der Waals surface area (Å²) in [7, 11) is 0. The molecule has 0 aliphatic carbocycles. The van der Waals surface area contributed by atoms with Crippen molar-refractivity contribution in [1.82, 2.24) is 10.2 Å². The zero-order chi connectivity index (χ0) is 18.1. The predicted molar refractivity (Wildman–Crippen MR) is 101 cm³/mol.